The summed E-state index contributed by atoms with van der Waals surface area (Å²) >= 11 is 6.69. The number of carbonyl (C=O) groups excluding carboxylic acids is 2. The minimum Gasteiger partial charge on any atom is -0.352 e. The SMILES string of the molecule is CCN(C1CCN(C(C)=O)CC1)C1CC(Cl)CC(C(=O)NCc2c(C)cc(C)[nH]c2=O)C1C. The molecule has 4 unspecified atom stereocenters. The Kier molecular flexibility index (Phi) is 8.62. The quantitative estimate of drug-likeness (QED) is 0.615. The van der Waals surface area contributed by atoms with E-state index in [0.29, 0.717) is 18.0 Å². The van der Waals surface area contributed by atoms with Gasteiger partial charge < -0.3 is 15.2 Å². The number of aromatic amines is 1. The zero-order valence-electron chi connectivity index (χ0n) is 20.6. The van der Waals surface area contributed by atoms with Crippen LogP contribution in [0.5, 0.6) is 0 Å². The van der Waals surface area contributed by atoms with Gasteiger partial charge in [-0.05, 0) is 63.6 Å². The number of carbonyl (C=O) groups is 2. The number of halogens is 1. The summed E-state index contributed by atoms with van der Waals surface area (Å²) in [6, 6.07) is 2.55. The van der Waals surface area contributed by atoms with Gasteiger partial charge in [-0.15, -0.1) is 11.6 Å². The third-order valence-corrected chi connectivity index (χ3v) is 8.04. The first kappa shape index (κ1) is 25.8. The molecule has 0 aromatic carbocycles. The van der Waals surface area contributed by atoms with Crippen molar-refractivity contribution in [3.63, 3.8) is 0 Å². The lowest BCUT2D eigenvalue weighted by Crippen LogP contribution is -2.56. The van der Waals surface area contributed by atoms with Gasteiger partial charge in [0, 0.05) is 61.2 Å². The third-order valence-electron chi connectivity index (χ3n) is 7.69. The predicted molar refractivity (Wildman–Crippen MR) is 131 cm³/mol. The highest BCUT2D eigenvalue weighted by molar-refractivity contribution is 6.20. The number of nitrogens with zero attached hydrogens (tertiary/aromatic N) is 2. The number of likely N-dealkylation sites (tertiary alicyclic amines) is 1. The lowest BCUT2D eigenvalue weighted by atomic mass is 9.74. The van der Waals surface area contributed by atoms with Crippen LogP contribution in [0.3, 0.4) is 0 Å². The first-order valence-corrected chi connectivity index (χ1v) is 12.7. The van der Waals surface area contributed by atoms with Crippen LogP contribution in [0, 0.1) is 25.7 Å². The van der Waals surface area contributed by atoms with Crippen molar-refractivity contribution < 1.29 is 9.59 Å². The summed E-state index contributed by atoms with van der Waals surface area (Å²) in [4.78, 5) is 44.5. The number of nitrogens with one attached hydrogen (secondary N) is 2. The van der Waals surface area contributed by atoms with Crippen LogP contribution in [0.2, 0.25) is 0 Å². The molecule has 7 nitrogen and oxygen atoms in total. The molecule has 0 radical (unpaired) electrons. The molecule has 1 aromatic rings. The zero-order chi connectivity index (χ0) is 24.3. The first-order chi connectivity index (χ1) is 15.6. The molecule has 184 valence electrons. The third kappa shape index (κ3) is 5.99. The van der Waals surface area contributed by atoms with Gasteiger partial charge in [-0.25, -0.2) is 0 Å². The highest BCUT2D eigenvalue weighted by Gasteiger charge is 2.42. The molecule has 2 aliphatic rings. The summed E-state index contributed by atoms with van der Waals surface area (Å²) in [5, 5.41) is 2.96. The largest absolute Gasteiger partial charge is 0.352 e. The zero-order valence-corrected chi connectivity index (χ0v) is 21.4. The van der Waals surface area contributed by atoms with Crippen LogP contribution in [-0.4, -0.2) is 63.7 Å². The van der Waals surface area contributed by atoms with E-state index in [4.69, 9.17) is 11.6 Å². The number of aromatic nitrogens is 1. The summed E-state index contributed by atoms with van der Waals surface area (Å²) in [6.07, 6.45) is 3.42. The summed E-state index contributed by atoms with van der Waals surface area (Å²) < 4.78 is 0. The molecular weight excluding hydrogens is 440 g/mol. The van der Waals surface area contributed by atoms with E-state index in [-0.39, 0.29) is 47.2 Å². The van der Waals surface area contributed by atoms with Gasteiger partial charge in [0.1, 0.15) is 0 Å². The van der Waals surface area contributed by atoms with Gasteiger partial charge in [0.25, 0.3) is 5.56 Å². The number of alkyl halides is 1. The second-order valence-corrected chi connectivity index (χ2v) is 10.4. The Morgan fingerprint density at radius 1 is 1.24 bits per heavy atom. The van der Waals surface area contributed by atoms with E-state index in [1.165, 1.54) is 0 Å². The number of hydrogen-bond donors (Lipinski definition) is 2. The first-order valence-electron chi connectivity index (χ1n) is 12.2. The normalized spacial score (nSPS) is 26.5. The number of hydrogen-bond acceptors (Lipinski definition) is 4. The van der Waals surface area contributed by atoms with Crippen molar-refractivity contribution in [2.24, 2.45) is 11.8 Å². The molecule has 1 aliphatic heterocycles. The van der Waals surface area contributed by atoms with E-state index >= 15 is 0 Å². The van der Waals surface area contributed by atoms with Crippen molar-refractivity contribution >= 4 is 23.4 Å². The summed E-state index contributed by atoms with van der Waals surface area (Å²) in [7, 11) is 0. The van der Waals surface area contributed by atoms with Crippen molar-refractivity contribution in [2.45, 2.75) is 84.3 Å². The second kappa shape index (κ2) is 11.0. The van der Waals surface area contributed by atoms with Gasteiger partial charge in [-0.2, -0.15) is 0 Å². The van der Waals surface area contributed by atoms with Crippen molar-refractivity contribution in [3.8, 4) is 0 Å². The Morgan fingerprint density at radius 3 is 2.48 bits per heavy atom. The number of amides is 2. The fraction of sp³-hybridized carbons (Fsp3) is 0.720. The van der Waals surface area contributed by atoms with Crippen LogP contribution in [0.4, 0.5) is 0 Å². The highest BCUT2D eigenvalue weighted by atomic mass is 35.5. The van der Waals surface area contributed by atoms with E-state index in [0.717, 1.165) is 50.2 Å². The molecule has 1 saturated heterocycles. The minimum atomic E-state index is -0.192. The van der Waals surface area contributed by atoms with E-state index in [2.05, 4.69) is 29.0 Å². The van der Waals surface area contributed by atoms with Gasteiger partial charge in [0.05, 0.1) is 0 Å². The van der Waals surface area contributed by atoms with Gasteiger partial charge in [0.15, 0.2) is 0 Å². The highest BCUT2D eigenvalue weighted by Crippen LogP contribution is 2.38. The molecule has 2 N–H and O–H groups in total. The molecule has 3 rings (SSSR count). The monoisotopic (exact) mass is 478 g/mol. The van der Waals surface area contributed by atoms with Gasteiger partial charge in [0.2, 0.25) is 11.8 Å². The Balaban J connectivity index is 1.68. The molecule has 1 aliphatic carbocycles. The average molecular weight is 479 g/mol. The van der Waals surface area contributed by atoms with Crippen LogP contribution in [0.15, 0.2) is 10.9 Å². The topological polar surface area (TPSA) is 85.5 Å². The molecule has 4 atom stereocenters. The Bertz CT molecular complexity index is 909. The predicted octanol–water partition coefficient (Wildman–Crippen LogP) is 2.96. The molecule has 8 heteroatoms. The maximum absolute atomic E-state index is 13.2. The van der Waals surface area contributed by atoms with Gasteiger partial charge in [-0.1, -0.05) is 13.8 Å². The molecule has 0 bridgehead atoms. The molecule has 1 saturated carbocycles. The van der Waals surface area contributed by atoms with E-state index in [9.17, 15) is 14.4 Å². The molecule has 2 fully saturated rings. The maximum Gasteiger partial charge on any atom is 0.253 e. The molecule has 2 heterocycles. The van der Waals surface area contributed by atoms with Crippen LogP contribution >= 0.6 is 11.6 Å². The summed E-state index contributed by atoms with van der Waals surface area (Å²) in [5.74, 6) is 0.0769. The average Bonchev–Trinajstić information content (AvgIpc) is 2.75. The molecule has 1 aromatic heterocycles. The van der Waals surface area contributed by atoms with Crippen molar-refractivity contribution in [2.75, 3.05) is 19.6 Å². The van der Waals surface area contributed by atoms with Crippen molar-refractivity contribution in [1.29, 1.82) is 0 Å². The number of piperidine rings is 1. The van der Waals surface area contributed by atoms with Crippen LogP contribution < -0.4 is 10.9 Å². The maximum atomic E-state index is 13.2. The number of H-pyrrole nitrogens is 1. The molecule has 0 spiro atoms. The molecule has 33 heavy (non-hydrogen) atoms. The smallest absolute Gasteiger partial charge is 0.253 e. The molecule has 2 amide bonds. The second-order valence-electron chi connectivity index (χ2n) is 9.83. The molecular formula is C25H39ClN4O3. The Hall–Kier alpha value is -1.86. The Labute approximate surface area is 202 Å². The minimum absolute atomic E-state index is 0.0281. The fourth-order valence-electron chi connectivity index (χ4n) is 5.80. The fourth-order valence-corrected chi connectivity index (χ4v) is 6.17. The lowest BCUT2D eigenvalue weighted by molar-refractivity contribution is -0.132. The van der Waals surface area contributed by atoms with Crippen LogP contribution in [0.25, 0.3) is 0 Å². The Morgan fingerprint density at radius 2 is 1.91 bits per heavy atom. The van der Waals surface area contributed by atoms with Crippen LogP contribution in [-0.2, 0) is 16.1 Å². The lowest BCUT2D eigenvalue weighted by Gasteiger charge is -2.48. The van der Waals surface area contributed by atoms with E-state index in [1.807, 2.05) is 24.8 Å². The van der Waals surface area contributed by atoms with E-state index in [1.54, 1.807) is 6.92 Å². The van der Waals surface area contributed by atoms with Gasteiger partial charge in [-0.3, -0.25) is 19.3 Å². The van der Waals surface area contributed by atoms with E-state index < -0.39 is 0 Å². The van der Waals surface area contributed by atoms with Crippen molar-refractivity contribution in [1.82, 2.24) is 20.1 Å². The number of rotatable bonds is 6. The standard InChI is InChI=1S/C25H39ClN4O3/c1-6-30(20-7-9-29(10-8-20)18(5)31)23-13-19(26)12-21(17(23)4)24(32)27-14-22-15(2)11-16(3)28-25(22)33/h11,17,19-21,23H,6-10,12-14H2,1-5H3,(H,27,32)(H,28,33). The van der Waals surface area contributed by atoms with Crippen molar-refractivity contribution in [3.05, 3.63) is 33.2 Å². The summed E-state index contributed by atoms with van der Waals surface area (Å²) in [6.45, 7) is 12.4. The van der Waals surface area contributed by atoms with Crippen LogP contribution in [0.1, 0.15) is 63.3 Å². The number of pyridine rings is 1. The summed E-state index contributed by atoms with van der Waals surface area (Å²) in [5.41, 5.74) is 2.15. The number of aryl methyl sites for hydroxylation is 2. The van der Waals surface area contributed by atoms with Gasteiger partial charge >= 0.3 is 0 Å².